The lowest BCUT2D eigenvalue weighted by atomic mass is 10.0. The summed E-state index contributed by atoms with van der Waals surface area (Å²) < 4.78 is 0. The van der Waals surface area contributed by atoms with Gasteiger partial charge >= 0.3 is 0 Å². The van der Waals surface area contributed by atoms with Crippen molar-refractivity contribution in [2.45, 2.75) is 58.9 Å². The normalized spacial score (nSPS) is 12.0. The van der Waals surface area contributed by atoms with Gasteiger partial charge in [-0.25, -0.2) is 0 Å². The summed E-state index contributed by atoms with van der Waals surface area (Å²) in [5.74, 6) is 0.162. The van der Waals surface area contributed by atoms with E-state index < -0.39 is 0 Å². The lowest BCUT2D eigenvalue weighted by molar-refractivity contribution is -0.131. The monoisotopic (exact) mass is 368 g/mol. The van der Waals surface area contributed by atoms with Crippen molar-refractivity contribution in [3.63, 3.8) is 0 Å². The molecule has 4 nitrogen and oxygen atoms in total. The van der Waals surface area contributed by atoms with Gasteiger partial charge in [-0.15, -0.1) is 0 Å². The molecule has 0 bridgehead atoms. The van der Waals surface area contributed by atoms with Gasteiger partial charge in [-0.3, -0.25) is 9.59 Å². The molecule has 0 spiro atoms. The van der Waals surface area contributed by atoms with Gasteiger partial charge in [-0.1, -0.05) is 50.2 Å². The summed E-state index contributed by atoms with van der Waals surface area (Å²) in [7, 11) is 0. The van der Waals surface area contributed by atoms with E-state index in [1.54, 1.807) is 0 Å². The first-order valence-corrected chi connectivity index (χ1v) is 10.1. The highest BCUT2D eigenvalue weighted by molar-refractivity contribution is 5.83. The Morgan fingerprint density at radius 2 is 1.63 bits per heavy atom. The molecule has 0 fully saturated rings. The van der Waals surface area contributed by atoms with Crippen molar-refractivity contribution >= 4 is 22.6 Å². The van der Waals surface area contributed by atoms with Gasteiger partial charge in [0.1, 0.15) is 0 Å². The van der Waals surface area contributed by atoms with Gasteiger partial charge in [0.25, 0.3) is 0 Å². The number of nitrogens with zero attached hydrogens (tertiary/aromatic N) is 1. The fourth-order valence-electron chi connectivity index (χ4n) is 3.33. The number of fused-ring (bicyclic) bond motifs is 1. The molecule has 27 heavy (non-hydrogen) atoms. The van der Waals surface area contributed by atoms with Gasteiger partial charge in [0, 0.05) is 25.9 Å². The first kappa shape index (κ1) is 20.9. The minimum Gasteiger partial charge on any atom is -0.350 e. The smallest absolute Gasteiger partial charge is 0.222 e. The zero-order chi connectivity index (χ0) is 19.6. The number of benzene rings is 2. The molecular formula is C23H32N2O2. The lowest BCUT2D eigenvalue weighted by Gasteiger charge is -2.21. The molecule has 1 N–H and O–H groups in total. The Kier molecular flexibility index (Phi) is 8.31. The summed E-state index contributed by atoms with van der Waals surface area (Å²) in [5.41, 5.74) is 1.09. The zero-order valence-corrected chi connectivity index (χ0v) is 16.8. The van der Waals surface area contributed by atoms with Crippen LogP contribution in [0.1, 0.15) is 64.5 Å². The largest absolute Gasteiger partial charge is 0.350 e. The van der Waals surface area contributed by atoms with Crippen LogP contribution in [-0.2, 0) is 9.59 Å². The summed E-state index contributed by atoms with van der Waals surface area (Å²) in [6.45, 7) is 7.77. The zero-order valence-electron chi connectivity index (χ0n) is 16.8. The Bertz CT molecular complexity index is 751. The Hall–Kier alpha value is -2.36. The molecule has 4 heteroatoms. The van der Waals surface area contributed by atoms with Crippen molar-refractivity contribution in [1.82, 2.24) is 10.2 Å². The molecule has 0 aliphatic carbocycles. The Morgan fingerprint density at radius 1 is 0.963 bits per heavy atom. The number of rotatable bonds is 10. The molecule has 0 heterocycles. The van der Waals surface area contributed by atoms with E-state index in [1.165, 1.54) is 10.8 Å². The van der Waals surface area contributed by atoms with Gasteiger partial charge < -0.3 is 10.2 Å². The van der Waals surface area contributed by atoms with Crippen LogP contribution in [0.4, 0.5) is 0 Å². The molecule has 146 valence electrons. The summed E-state index contributed by atoms with van der Waals surface area (Å²) in [6, 6.07) is 14.4. The Morgan fingerprint density at radius 3 is 2.30 bits per heavy atom. The number of hydrogen-bond donors (Lipinski definition) is 1. The molecule has 0 radical (unpaired) electrons. The maximum absolute atomic E-state index is 12.3. The maximum Gasteiger partial charge on any atom is 0.222 e. The quantitative estimate of drug-likeness (QED) is 0.652. The molecule has 1 unspecified atom stereocenters. The van der Waals surface area contributed by atoms with Crippen LogP contribution < -0.4 is 5.32 Å². The summed E-state index contributed by atoms with van der Waals surface area (Å²) in [4.78, 5) is 26.4. The minimum atomic E-state index is -0.0468. The summed E-state index contributed by atoms with van der Waals surface area (Å²) in [6.07, 6.45) is 3.36. The standard InChI is InChI=1S/C23H32N2O2/c1-4-15-25(16-5-2)23(27)12-8-11-22(26)24-18(3)20-14-13-19-9-6-7-10-21(19)17-20/h6-7,9-10,13-14,17-18H,4-5,8,11-12,15-16H2,1-3H3,(H,24,26). The molecule has 0 aliphatic rings. The van der Waals surface area contributed by atoms with Crippen LogP contribution in [0.5, 0.6) is 0 Å². The van der Waals surface area contributed by atoms with Crippen molar-refractivity contribution < 1.29 is 9.59 Å². The average molecular weight is 369 g/mol. The highest BCUT2D eigenvalue weighted by atomic mass is 16.2. The van der Waals surface area contributed by atoms with Gasteiger partial charge in [-0.05, 0) is 48.6 Å². The van der Waals surface area contributed by atoms with Crippen molar-refractivity contribution in [2.75, 3.05) is 13.1 Å². The molecule has 2 aromatic carbocycles. The SMILES string of the molecule is CCCN(CCC)C(=O)CCCC(=O)NC(C)c1ccc2ccccc2c1. The van der Waals surface area contributed by atoms with Crippen LogP contribution in [0, 0.1) is 0 Å². The van der Waals surface area contributed by atoms with E-state index in [0.29, 0.717) is 19.3 Å². The van der Waals surface area contributed by atoms with Crippen LogP contribution in [0.25, 0.3) is 10.8 Å². The van der Waals surface area contributed by atoms with Crippen LogP contribution in [0.15, 0.2) is 42.5 Å². The molecule has 1 atom stereocenters. The number of amides is 2. The lowest BCUT2D eigenvalue weighted by Crippen LogP contribution is -2.32. The first-order valence-electron chi connectivity index (χ1n) is 10.1. The van der Waals surface area contributed by atoms with E-state index in [1.807, 2.05) is 24.0 Å². The number of carbonyl (C=O) groups is 2. The molecule has 0 saturated carbocycles. The van der Waals surface area contributed by atoms with Gasteiger partial charge in [0.05, 0.1) is 6.04 Å². The molecule has 0 aliphatic heterocycles. The summed E-state index contributed by atoms with van der Waals surface area (Å²) >= 11 is 0. The van der Waals surface area contributed by atoms with Crippen molar-refractivity contribution in [2.24, 2.45) is 0 Å². The van der Waals surface area contributed by atoms with E-state index >= 15 is 0 Å². The first-order chi connectivity index (χ1) is 13.0. The van der Waals surface area contributed by atoms with Crippen LogP contribution in [0.3, 0.4) is 0 Å². The van der Waals surface area contributed by atoms with Gasteiger partial charge in [0.2, 0.25) is 11.8 Å². The second-order valence-electron chi connectivity index (χ2n) is 7.13. The topological polar surface area (TPSA) is 49.4 Å². The van der Waals surface area contributed by atoms with Crippen LogP contribution in [-0.4, -0.2) is 29.8 Å². The van der Waals surface area contributed by atoms with E-state index in [2.05, 4.69) is 49.5 Å². The van der Waals surface area contributed by atoms with Crippen LogP contribution in [0.2, 0.25) is 0 Å². The van der Waals surface area contributed by atoms with Crippen molar-refractivity contribution in [3.05, 3.63) is 48.0 Å². The highest BCUT2D eigenvalue weighted by Crippen LogP contribution is 2.20. The molecule has 2 aromatic rings. The maximum atomic E-state index is 12.3. The van der Waals surface area contributed by atoms with Crippen LogP contribution >= 0.6 is 0 Å². The van der Waals surface area contributed by atoms with E-state index in [4.69, 9.17) is 0 Å². The molecule has 2 amide bonds. The molecule has 2 rings (SSSR count). The third kappa shape index (κ3) is 6.38. The third-order valence-electron chi connectivity index (χ3n) is 4.79. The van der Waals surface area contributed by atoms with Crippen molar-refractivity contribution in [1.29, 1.82) is 0 Å². The van der Waals surface area contributed by atoms with E-state index in [-0.39, 0.29) is 17.9 Å². The minimum absolute atomic E-state index is 0.000918. The second kappa shape index (κ2) is 10.7. The second-order valence-corrected chi connectivity index (χ2v) is 7.13. The fourth-order valence-corrected chi connectivity index (χ4v) is 3.33. The Balaban J connectivity index is 1.81. The predicted octanol–water partition coefficient (Wildman–Crippen LogP) is 4.84. The number of hydrogen-bond acceptors (Lipinski definition) is 2. The average Bonchev–Trinajstić information content (AvgIpc) is 2.67. The van der Waals surface area contributed by atoms with Crippen molar-refractivity contribution in [3.8, 4) is 0 Å². The van der Waals surface area contributed by atoms with Gasteiger partial charge in [0.15, 0.2) is 0 Å². The van der Waals surface area contributed by atoms with E-state index in [9.17, 15) is 9.59 Å². The highest BCUT2D eigenvalue weighted by Gasteiger charge is 2.14. The predicted molar refractivity (Wildman–Crippen MR) is 112 cm³/mol. The van der Waals surface area contributed by atoms with Gasteiger partial charge in [-0.2, -0.15) is 0 Å². The third-order valence-corrected chi connectivity index (χ3v) is 4.79. The Labute approximate surface area is 162 Å². The molecule has 0 saturated heterocycles. The number of nitrogens with one attached hydrogen (secondary N) is 1. The number of carbonyl (C=O) groups excluding carboxylic acids is 2. The fraction of sp³-hybridized carbons (Fsp3) is 0.478. The molecule has 0 aromatic heterocycles. The van der Waals surface area contributed by atoms with E-state index in [0.717, 1.165) is 31.5 Å². The molecular weight excluding hydrogens is 336 g/mol. The summed E-state index contributed by atoms with van der Waals surface area (Å²) in [5, 5.41) is 5.42.